The van der Waals surface area contributed by atoms with Gasteiger partial charge in [0.05, 0.1) is 17.4 Å². The van der Waals surface area contributed by atoms with Gasteiger partial charge in [0.1, 0.15) is 11.8 Å². The predicted octanol–water partition coefficient (Wildman–Crippen LogP) is 3.07. The molecular weight excluding hydrogens is 699 g/mol. The van der Waals surface area contributed by atoms with Crippen molar-refractivity contribution in [3.63, 3.8) is 0 Å². The molecule has 1 aromatic heterocycles. The molecule has 0 bridgehead atoms. The number of carbonyl (C=O) groups is 4. The number of aromatic nitrogens is 2. The number of aromatic hydroxyl groups is 1. The van der Waals surface area contributed by atoms with Crippen molar-refractivity contribution in [2.24, 2.45) is 11.8 Å². The number of piperidine rings is 3. The summed E-state index contributed by atoms with van der Waals surface area (Å²) in [4.78, 5) is 62.4. The molecule has 2 aromatic carbocycles. The number of benzene rings is 2. The fraction of sp³-hybridized carbons (Fsp3) is 0.512. The molecule has 6 aliphatic heterocycles. The van der Waals surface area contributed by atoms with Gasteiger partial charge in [-0.25, -0.2) is 0 Å². The average Bonchev–Trinajstić information content (AvgIpc) is 3.53. The number of piperazine rings is 1. The first-order valence-corrected chi connectivity index (χ1v) is 19.9. The zero-order chi connectivity index (χ0) is 37.8. The molecule has 3 unspecified atom stereocenters. The summed E-state index contributed by atoms with van der Waals surface area (Å²) < 4.78 is 0. The Hall–Kier alpha value is -5.24. The zero-order valence-corrected chi connectivity index (χ0v) is 31.3. The van der Waals surface area contributed by atoms with Crippen LogP contribution in [0.15, 0.2) is 48.5 Å². The van der Waals surface area contributed by atoms with Crippen molar-refractivity contribution < 1.29 is 24.3 Å². The van der Waals surface area contributed by atoms with Gasteiger partial charge in [-0.1, -0.05) is 18.2 Å². The summed E-state index contributed by atoms with van der Waals surface area (Å²) in [6, 6.07) is 15.1. The molecule has 288 valence electrons. The normalized spacial score (nSPS) is 25.9. The number of nitrogens with one attached hydrogen (secondary N) is 2. The molecule has 6 aliphatic rings. The van der Waals surface area contributed by atoms with Crippen LogP contribution < -0.4 is 20.4 Å². The van der Waals surface area contributed by atoms with E-state index in [2.05, 4.69) is 53.4 Å². The van der Waals surface area contributed by atoms with Crippen LogP contribution in [0.2, 0.25) is 0 Å². The molecule has 4 fully saturated rings. The van der Waals surface area contributed by atoms with Crippen LogP contribution in [0.25, 0.3) is 11.3 Å². The van der Waals surface area contributed by atoms with E-state index in [0.717, 1.165) is 81.2 Å². The molecule has 0 radical (unpaired) electrons. The predicted molar refractivity (Wildman–Crippen MR) is 207 cm³/mol. The van der Waals surface area contributed by atoms with Crippen LogP contribution in [0, 0.1) is 11.8 Å². The van der Waals surface area contributed by atoms with Gasteiger partial charge in [-0.05, 0) is 87.4 Å². The molecule has 0 aliphatic carbocycles. The van der Waals surface area contributed by atoms with E-state index in [1.54, 1.807) is 17.0 Å². The summed E-state index contributed by atoms with van der Waals surface area (Å²) in [5.74, 6) is 1.01. The van der Waals surface area contributed by atoms with E-state index in [9.17, 15) is 24.3 Å². The smallest absolute Gasteiger partial charge is 0.255 e. The largest absolute Gasteiger partial charge is 0.507 e. The van der Waals surface area contributed by atoms with Gasteiger partial charge < -0.3 is 34.9 Å². The van der Waals surface area contributed by atoms with Crippen LogP contribution in [0.3, 0.4) is 0 Å². The minimum Gasteiger partial charge on any atom is -0.507 e. The summed E-state index contributed by atoms with van der Waals surface area (Å²) in [6.45, 7) is 9.26. The Morgan fingerprint density at radius 3 is 2.55 bits per heavy atom. The van der Waals surface area contributed by atoms with Crippen molar-refractivity contribution in [2.75, 3.05) is 67.5 Å². The number of hydrogen-bond acceptors (Lipinski definition) is 11. The van der Waals surface area contributed by atoms with Crippen LogP contribution in [0.1, 0.15) is 61.4 Å². The molecule has 9 rings (SSSR count). The first-order valence-electron chi connectivity index (χ1n) is 19.9. The Balaban J connectivity index is 0.753. The van der Waals surface area contributed by atoms with Crippen molar-refractivity contribution in [1.29, 1.82) is 0 Å². The van der Waals surface area contributed by atoms with E-state index in [-0.39, 0.29) is 47.8 Å². The van der Waals surface area contributed by atoms with Gasteiger partial charge >= 0.3 is 0 Å². The number of para-hydroxylation sites is 1. The van der Waals surface area contributed by atoms with Gasteiger partial charge in [-0.3, -0.25) is 24.5 Å². The van der Waals surface area contributed by atoms with Crippen LogP contribution in [-0.2, 0) is 20.9 Å². The van der Waals surface area contributed by atoms with Crippen LogP contribution in [0.5, 0.6) is 5.75 Å². The van der Waals surface area contributed by atoms with Crippen molar-refractivity contribution in [3.05, 3.63) is 59.7 Å². The molecule has 0 saturated carbocycles. The number of amides is 4. The van der Waals surface area contributed by atoms with Crippen LogP contribution in [0.4, 0.5) is 17.2 Å². The molecule has 14 heteroatoms. The maximum atomic E-state index is 13.9. The van der Waals surface area contributed by atoms with Gasteiger partial charge in [0.2, 0.25) is 17.7 Å². The second kappa shape index (κ2) is 14.4. The fourth-order valence-corrected chi connectivity index (χ4v) is 9.73. The molecule has 0 spiro atoms. The Bertz CT molecular complexity index is 2020. The maximum absolute atomic E-state index is 13.9. The topological polar surface area (TPSA) is 155 Å². The minimum atomic E-state index is -0.602. The molecule has 4 saturated heterocycles. The number of phenolic OH excluding ortho intramolecular Hbond substituents is 1. The number of carbonyl (C=O) groups excluding carboxylic acids is 4. The highest BCUT2D eigenvalue weighted by atomic mass is 16.3. The summed E-state index contributed by atoms with van der Waals surface area (Å²) in [5, 5.41) is 25.0. The van der Waals surface area contributed by atoms with Crippen LogP contribution in [-0.4, -0.2) is 124 Å². The summed E-state index contributed by atoms with van der Waals surface area (Å²) in [5.41, 5.74) is 4.87. The average molecular weight is 748 g/mol. The van der Waals surface area contributed by atoms with Gasteiger partial charge in [-0.2, -0.15) is 0 Å². The third-order valence-electron chi connectivity index (χ3n) is 12.9. The van der Waals surface area contributed by atoms with Crippen LogP contribution >= 0.6 is 0 Å². The number of rotatable bonds is 6. The lowest BCUT2D eigenvalue weighted by atomic mass is 9.88. The van der Waals surface area contributed by atoms with Gasteiger partial charge in [0.25, 0.3) is 5.91 Å². The van der Waals surface area contributed by atoms with E-state index in [1.165, 1.54) is 0 Å². The summed E-state index contributed by atoms with van der Waals surface area (Å²) in [6.07, 6.45) is 4.52. The first-order chi connectivity index (χ1) is 26.7. The lowest BCUT2D eigenvalue weighted by Crippen LogP contribution is -2.60. The Labute approximate surface area is 320 Å². The first kappa shape index (κ1) is 35.5. The number of phenols is 1. The fourth-order valence-electron chi connectivity index (χ4n) is 9.73. The zero-order valence-electron chi connectivity index (χ0n) is 31.3. The number of anilines is 3. The molecule has 4 atom stereocenters. The number of hydrogen-bond donors (Lipinski definition) is 3. The van der Waals surface area contributed by atoms with E-state index in [0.29, 0.717) is 61.4 Å². The molecule has 7 heterocycles. The number of fused-ring (bicyclic) bond motifs is 4. The molecule has 14 nitrogen and oxygen atoms in total. The standard InChI is InChI=1S/C41H49N9O5/c1-25-18-27(40(54)48-16-17-49-30(24-48)21-42-38-35(49)20-33(44-45-38)31-4-2-3-5-36(31)51)12-15-47(25)22-26-10-13-46(14-11-26)29-7-6-28-23-50(41(55)32(28)19-29)34-8-9-37(52)43-39(34)53/h2-7,19-20,25-27,30,34,51H,8-18,21-24H2,1H3,(H,42,45)(H,43,52,53)/t25?,27?,30-,34?/m0/s1. The number of likely N-dealkylation sites (tertiary alicyclic amines) is 1. The third kappa shape index (κ3) is 6.74. The van der Waals surface area contributed by atoms with Crippen molar-refractivity contribution in [3.8, 4) is 17.0 Å². The molecule has 4 amide bonds. The lowest BCUT2D eigenvalue weighted by molar-refractivity contribution is -0.139. The van der Waals surface area contributed by atoms with E-state index >= 15 is 0 Å². The second-order valence-corrected chi connectivity index (χ2v) is 16.2. The molecule has 55 heavy (non-hydrogen) atoms. The van der Waals surface area contributed by atoms with Crippen molar-refractivity contribution >= 4 is 40.8 Å². The van der Waals surface area contributed by atoms with Gasteiger partial charge in [0.15, 0.2) is 5.82 Å². The highest BCUT2D eigenvalue weighted by Gasteiger charge is 2.41. The molecule has 3 N–H and O–H groups in total. The quantitative estimate of drug-likeness (QED) is 0.319. The monoisotopic (exact) mass is 747 g/mol. The van der Waals surface area contributed by atoms with E-state index < -0.39 is 6.04 Å². The van der Waals surface area contributed by atoms with Crippen molar-refractivity contribution in [1.82, 2.24) is 30.2 Å². The Morgan fingerprint density at radius 2 is 1.75 bits per heavy atom. The third-order valence-corrected chi connectivity index (χ3v) is 12.9. The highest BCUT2D eigenvalue weighted by Crippen LogP contribution is 2.37. The molecular formula is C41H49N9O5. The number of imide groups is 1. The molecule has 3 aromatic rings. The van der Waals surface area contributed by atoms with Crippen molar-refractivity contribution in [2.45, 2.75) is 70.1 Å². The van der Waals surface area contributed by atoms with E-state index in [4.69, 9.17) is 0 Å². The maximum Gasteiger partial charge on any atom is 0.255 e. The van der Waals surface area contributed by atoms with Gasteiger partial charge in [-0.15, -0.1) is 10.2 Å². The lowest BCUT2D eigenvalue weighted by Gasteiger charge is -2.47. The summed E-state index contributed by atoms with van der Waals surface area (Å²) >= 11 is 0. The highest BCUT2D eigenvalue weighted by molar-refractivity contribution is 6.05. The second-order valence-electron chi connectivity index (χ2n) is 16.2. The summed E-state index contributed by atoms with van der Waals surface area (Å²) in [7, 11) is 0. The minimum absolute atomic E-state index is 0.0374. The SMILES string of the molecule is CC1CC(C(=O)N2CCN3c4cc(-c5ccccc5O)nnc4NC[C@H]3C2)CCN1CC1CCN(c2ccc3c(c2)C(=O)N(C2CCC(=O)NC2=O)C3)CC1. The van der Waals surface area contributed by atoms with E-state index in [1.807, 2.05) is 30.3 Å². The Morgan fingerprint density at radius 1 is 0.909 bits per heavy atom. The Kier molecular flexibility index (Phi) is 9.31. The number of nitrogens with zero attached hydrogens (tertiary/aromatic N) is 7. The van der Waals surface area contributed by atoms with Gasteiger partial charge in [0, 0.05) is 87.6 Å².